The third-order valence-electron chi connectivity index (χ3n) is 3.00. The highest BCUT2D eigenvalue weighted by Crippen LogP contribution is 2.24. The molecular formula is C13H16N2O3S. The molecule has 0 aliphatic rings. The number of rotatable bonds is 4. The summed E-state index contributed by atoms with van der Waals surface area (Å²) in [6.07, 6.45) is 2.51. The molecule has 0 bridgehead atoms. The molecule has 2 rings (SSSR count). The molecule has 102 valence electrons. The van der Waals surface area contributed by atoms with E-state index in [0.717, 1.165) is 11.8 Å². The zero-order valence-corrected chi connectivity index (χ0v) is 11.6. The van der Waals surface area contributed by atoms with Crippen LogP contribution < -0.4 is 0 Å². The Hall–Kier alpha value is -1.66. The van der Waals surface area contributed by atoms with Gasteiger partial charge in [0.1, 0.15) is 0 Å². The Morgan fingerprint density at radius 3 is 2.47 bits per heavy atom. The predicted molar refractivity (Wildman–Crippen MR) is 71.5 cm³/mol. The van der Waals surface area contributed by atoms with E-state index in [9.17, 15) is 13.5 Å². The number of benzene rings is 1. The van der Waals surface area contributed by atoms with E-state index in [0.29, 0.717) is 5.69 Å². The molecule has 1 atom stereocenters. The molecule has 2 aromatic rings. The highest BCUT2D eigenvalue weighted by Gasteiger charge is 2.22. The molecule has 0 fully saturated rings. The van der Waals surface area contributed by atoms with Gasteiger partial charge in [-0.25, -0.2) is 13.4 Å². The summed E-state index contributed by atoms with van der Waals surface area (Å²) < 4.78 is 25.1. The van der Waals surface area contributed by atoms with E-state index in [2.05, 4.69) is 4.98 Å². The van der Waals surface area contributed by atoms with Crippen molar-refractivity contribution in [3.05, 3.63) is 47.8 Å². The molecule has 1 N–H and O–H groups in total. The molecule has 1 aromatic carbocycles. The van der Waals surface area contributed by atoms with Gasteiger partial charge in [0.2, 0.25) is 15.0 Å². The SMILES string of the molecule is C[C@H](c1ccccc1)n1c(CO)cnc1S(C)(=O)=O. The van der Waals surface area contributed by atoms with E-state index >= 15 is 0 Å². The Labute approximate surface area is 112 Å². The van der Waals surface area contributed by atoms with Crippen LogP contribution >= 0.6 is 0 Å². The third kappa shape index (κ3) is 2.69. The zero-order valence-electron chi connectivity index (χ0n) is 10.8. The predicted octanol–water partition coefficient (Wildman–Crippen LogP) is 1.39. The first-order valence-electron chi connectivity index (χ1n) is 5.87. The van der Waals surface area contributed by atoms with Crippen LogP contribution in [0.4, 0.5) is 0 Å². The van der Waals surface area contributed by atoms with Crippen molar-refractivity contribution in [3.63, 3.8) is 0 Å². The van der Waals surface area contributed by atoms with Crippen molar-refractivity contribution in [1.29, 1.82) is 0 Å². The van der Waals surface area contributed by atoms with Crippen molar-refractivity contribution in [3.8, 4) is 0 Å². The summed E-state index contributed by atoms with van der Waals surface area (Å²) in [6, 6.07) is 9.29. The maximum absolute atomic E-state index is 11.8. The maximum atomic E-state index is 11.8. The average molecular weight is 280 g/mol. The van der Waals surface area contributed by atoms with E-state index in [1.54, 1.807) is 4.57 Å². The van der Waals surface area contributed by atoms with Crippen molar-refractivity contribution < 1.29 is 13.5 Å². The Balaban J connectivity index is 2.58. The van der Waals surface area contributed by atoms with Crippen molar-refractivity contribution in [2.24, 2.45) is 0 Å². The van der Waals surface area contributed by atoms with Gasteiger partial charge in [0.15, 0.2) is 0 Å². The van der Waals surface area contributed by atoms with E-state index in [1.165, 1.54) is 6.20 Å². The zero-order chi connectivity index (χ0) is 14.0. The number of aliphatic hydroxyl groups excluding tert-OH is 1. The Morgan fingerprint density at radius 1 is 1.32 bits per heavy atom. The van der Waals surface area contributed by atoms with Crippen LogP contribution in [0.15, 0.2) is 41.7 Å². The molecule has 0 spiro atoms. The number of nitrogens with zero attached hydrogens (tertiary/aromatic N) is 2. The van der Waals surface area contributed by atoms with Gasteiger partial charge in [-0.3, -0.25) is 0 Å². The number of aliphatic hydroxyl groups is 1. The summed E-state index contributed by atoms with van der Waals surface area (Å²) in [5, 5.41) is 9.32. The van der Waals surface area contributed by atoms with Crippen LogP contribution in [-0.2, 0) is 16.4 Å². The summed E-state index contributed by atoms with van der Waals surface area (Å²) in [6.45, 7) is 1.63. The second kappa shape index (κ2) is 5.14. The third-order valence-corrected chi connectivity index (χ3v) is 3.97. The molecule has 0 saturated heterocycles. The summed E-state index contributed by atoms with van der Waals surface area (Å²) in [7, 11) is -3.44. The standard InChI is InChI=1S/C13H16N2O3S/c1-10(11-6-4-3-5-7-11)15-12(9-16)8-14-13(15)19(2,17)18/h3-8,10,16H,9H2,1-2H3/t10-/m1/s1. The lowest BCUT2D eigenvalue weighted by atomic mass is 10.1. The highest BCUT2D eigenvalue weighted by molar-refractivity contribution is 7.90. The Kier molecular flexibility index (Phi) is 3.73. The molecule has 0 amide bonds. The van der Waals surface area contributed by atoms with Crippen LogP contribution in [0.3, 0.4) is 0 Å². The first-order chi connectivity index (χ1) is 8.95. The quantitative estimate of drug-likeness (QED) is 0.918. The number of hydrogen-bond acceptors (Lipinski definition) is 4. The monoisotopic (exact) mass is 280 g/mol. The second-order valence-electron chi connectivity index (χ2n) is 4.42. The minimum atomic E-state index is -3.44. The molecule has 0 saturated carbocycles. The largest absolute Gasteiger partial charge is 0.390 e. The number of hydrogen-bond donors (Lipinski definition) is 1. The molecule has 0 aliphatic heterocycles. The minimum Gasteiger partial charge on any atom is -0.390 e. The van der Waals surface area contributed by atoms with Gasteiger partial charge in [0.25, 0.3) is 0 Å². The lowest BCUT2D eigenvalue weighted by Crippen LogP contribution is -2.16. The highest BCUT2D eigenvalue weighted by atomic mass is 32.2. The molecule has 1 heterocycles. The Bertz CT molecular complexity index is 662. The molecule has 0 aliphatic carbocycles. The van der Waals surface area contributed by atoms with Gasteiger partial charge < -0.3 is 9.67 Å². The van der Waals surface area contributed by atoms with Gasteiger partial charge in [-0.2, -0.15) is 0 Å². The number of imidazole rings is 1. The van der Waals surface area contributed by atoms with Crippen LogP contribution in [0.25, 0.3) is 0 Å². The molecule has 0 unspecified atom stereocenters. The van der Waals surface area contributed by atoms with E-state index in [4.69, 9.17) is 0 Å². The fourth-order valence-electron chi connectivity index (χ4n) is 2.06. The fourth-order valence-corrected chi connectivity index (χ4v) is 2.94. The van der Waals surface area contributed by atoms with Gasteiger partial charge in [-0.1, -0.05) is 30.3 Å². The lowest BCUT2D eigenvalue weighted by molar-refractivity contribution is 0.267. The van der Waals surface area contributed by atoms with Crippen molar-refractivity contribution >= 4 is 9.84 Å². The summed E-state index contributed by atoms with van der Waals surface area (Å²) in [5.74, 6) is 0. The van der Waals surface area contributed by atoms with E-state index in [1.807, 2.05) is 37.3 Å². The van der Waals surface area contributed by atoms with E-state index in [-0.39, 0.29) is 17.8 Å². The van der Waals surface area contributed by atoms with Crippen molar-refractivity contribution in [2.45, 2.75) is 24.7 Å². The molecule has 6 heteroatoms. The number of sulfone groups is 1. The van der Waals surface area contributed by atoms with Crippen LogP contribution in [0.5, 0.6) is 0 Å². The van der Waals surface area contributed by atoms with Crippen LogP contribution in [0, 0.1) is 0 Å². The summed E-state index contributed by atoms with van der Waals surface area (Å²) >= 11 is 0. The Morgan fingerprint density at radius 2 is 1.95 bits per heavy atom. The molecular weight excluding hydrogens is 264 g/mol. The maximum Gasteiger partial charge on any atom is 0.228 e. The first kappa shape index (κ1) is 13.8. The summed E-state index contributed by atoms with van der Waals surface area (Å²) in [4.78, 5) is 3.92. The van der Waals surface area contributed by atoms with Gasteiger partial charge in [0.05, 0.1) is 24.5 Å². The van der Waals surface area contributed by atoms with Gasteiger partial charge in [0, 0.05) is 6.26 Å². The summed E-state index contributed by atoms with van der Waals surface area (Å²) in [5.41, 5.74) is 1.44. The number of aromatic nitrogens is 2. The molecule has 5 nitrogen and oxygen atoms in total. The lowest BCUT2D eigenvalue weighted by Gasteiger charge is -2.18. The van der Waals surface area contributed by atoms with Crippen LogP contribution in [0.2, 0.25) is 0 Å². The first-order valence-corrected chi connectivity index (χ1v) is 7.76. The van der Waals surface area contributed by atoms with Crippen LogP contribution in [-0.4, -0.2) is 29.3 Å². The topological polar surface area (TPSA) is 72.2 Å². The van der Waals surface area contributed by atoms with Gasteiger partial charge in [-0.15, -0.1) is 0 Å². The average Bonchev–Trinajstić information content (AvgIpc) is 2.82. The second-order valence-corrected chi connectivity index (χ2v) is 6.33. The van der Waals surface area contributed by atoms with Crippen LogP contribution in [0.1, 0.15) is 24.2 Å². The molecule has 0 radical (unpaired) electrons. The molecule has 1 aromatic heterocycles. The normalized spacial score (nSPS) is 13.4. The smallest absolute Gasteiger partial charge is 0.228 e. The fraction of sp³-hybridized carbons (Fsp3) is 0.308. The van der Waals surface area contributed by atoms with Crippen molar-refractivity contribution in [2.75, 3.05) is 6.26 Å². The van der Waals surface area contributed by atoms with Crippen molar-refractivity contribution in [1.82, 2.24) is 9.55 Å². The van der Waals surface area contributed by atoms with Gasteiger partial charge >= 0.3 is 0 Å². The molecule has 19 heavy (non-hydrogen) atoms. The van der Waals surface area contributed by atoms with Gasteiger partial charge in [-0.05, 0) is 12.5 Å². The minimum absolute atomic E-state index is 0.0205. The van der Waals surface area contributed by atoms with E-state index < -0.39 is 9.84 Å².